The van der Waals surface area contributed by atoms with Crippen molar-refractivity contribution in [3.8, 4) is 0 Å². The Hall–Kier alpha value is -4.61. The van der Waals surface area contributed by atoms with Crippen LogP contribution in [-0.4, -0.2) is 60.1 Å². The first-order valence-electron chi connectivity index (χ1n) is 11.6. The fourth-order valence-electron chi connectivity index (χ4n) is 3.29. The van der Waals surface area contributed by atoms with Gasteiger partial charge in [-0.1, -0.05) is 60.7 Å². The second kappa shape index (κ2) is 15.4. The van der Waals surface area contributed by atoms with E-state index in [1.807, 2.05) is 24.3 Å². The third-order valence-electron chi connectivity index (χ3n) is 5.15. The fourth-order valence-corrected chi connectivity index (χ4v) is 3.29. The number of carbonyl (C=O) groups is 4. The normalized spacial score (nSPS) is 11.9. The van der Waals surface area contributed by atoms with Crippen molar-refractivity contribution in [2.24, 2.45) is 5.73 Å². The largest absolute Gasteiger partial charge is 0.480 e. The lowest BCUT2D eigenvalue weighted by Crippen LogP contribution is -2.51. The molecule has 0 aromatic heterocycles. The van der Waals surface area contributed by atoms with Gasteiger partial charge in [0.15, 0.2) is 5.96 Å². The van der Waals surface area contributed by atoms with Gasteiger partial charge in [0.25, 0.3) is 0 Å². The number of carboxylic acids is 1. The van der Waals surface area contributed by atoms with Gasteiger partial charge in [-0.3, -0.25) is 15.0 Å². The SMILES string of the molecule is N=C(N)NCCC[C@H](NC(=O)CNC(=O)[C@H](Cc1ccccc1)NC(=O)OCc1ccccc1)C(=O)O. The van der Waals surface area contributed by atoms with E-state index in [0.717, 1.165) is 11.1 Å². The minimum atomic E-state index is -1.23. The van der Waals surface area contributed by atoms with E-state index in [4.69, 9.17) is 15.9 Å². The van der Waals surface area contributed by atoms with E-state index in [0.29, 0.717) is 6.42 Å². The summed E-state index contributed by atoms with van der Waals surface area (Å²) in [6, 6.07) is 15.8. The van der Waals surface area contributed by atoms with E-state index in [9.17, 15) is 24.3 Å². The number of guanidine groups is 1. The number of hydrogen-bond acceptors (Lipinski definition) is 6. The van der Waals surface area contributed by atoms with Crippen molar-refractivity contribution >= 4 is 29.8 Å². The van der Waals surface area contributed by atoms with E-state index < -0.39 is 42.5 Å². The maximum Gasteiger partial charge on any atom is 0.408 e. The third-order valence-corrected chi connectivity index (χ3v) is 5.15. The Morgan fingerprint density at radius 2 is 1.51 bits per heavy atom. The van der Waals surface area contributed by atoms with Crippen molar-refractivity contribution in [1.82, 2.24) is 21.3 Å². The van der Waals surface area contributed by atoms with Gasteiger partial charge < -0.3 is 36.8 Å². The Morgan fingerprint density at radius 1 is 0.892 bits per heavy atom. The summed E-state index contributed by atoms with van der Waals surface area (Å²) < 4.78 is 5.21. The maximum atomic E-state index is 12.8. The van der Waals surface area contributed by atoms with Crippen LogP contribution in [0.3, 0.4) is 0 Å². The van der Waals surface area contributed by atoms with E-state index in [-0.39, 0.29) is 32.0 Å². The Morgan fingerprint density at radius 3 is 2.11 bits per heavy atom. The van der Waals surface area contributed by atoms with Gasteiger partial charge in [-0.25, -0.2) is 9.59 Å². The number of amides is 3. The Kier molecular flexibility index (Phi) is 11.9. The molecule has 0 fully saturated rings. The number of nitrogens with one attached hydrogen (secondary N) is 5. The monoisotopic (exact) mass is 512 g/mol. The highest BCUT2D eigenvalue weighted by Crippen LogP contribution is 2.05. The highest BCUT2D eigenvalue weighted by molar-refractivity contribution is 5.91. The smallest absolute Gasteiger partial charge is 0.408 e. The van der Waals surface area contributed by atoms with Crippen molar-refractivity contribution in [3.05, 3.63) is 71.8 Å². The molecule has 0 radical (unpaired) electrons. The van der Waals surface area contributed by atoms with Crippen molar-refractivity contribution < 1.29 is 29.0 Å². The lowest BCUT2D eigenvalue weighted by atomic mass is 10.1. The minimum Gasteiger partial charge on any atom is -0.480 e. The maximum absolute atomic E-state index is 12.8. The molecule has 3 amide bonds. The van der Waals surface area contributed by atoms with Gasteiger partial charge in [0.2, 0.25) is 11.8 Å². The summed E-state index contributed by atoms with van der Waals surface area (Å²) >= 11 is 0. The Balaban J connectivity index is 1.91. The number of nitrogens with two attached hydrogens (primary N) is 1. The van der Waals surface area contributed by atoms with Crippen LogP contribution in [0.5, 0.6) is 0 Å². The standard InChI is InChI=1S/C25H32N6O6/c26-24(27)28-13-7-12-19(23(34)35)30-21(32)15-29-22(33)20(14-17-8-3-1-4-9-17)31-25(36)37-16-18-10-5-2-6-11-18/h1-6,8-11,19-20H,7,12-16H2,(H,29,33)(H,30,32)(H,31,36)(H,34,35)(H4,26,27,28)/t19-,20-/m0/s1. The van der Waals surface area contributed by atoms with Crippen LogP contribution in [0.2, 0.25) is 0 Å². The van der Waals surface area contributed by atoms with Crippen LogP contribution in [-0.2, 0) is 32.1 Å². The molecule has 8 N–H and O–H groups in total. The molecule has 0 saturated heterocycles. The zero-order chi connectivity index (χ0) is 27.0. The van der Waals surface area contributed by atoms with Gasteiger partial charge in [0.1, 0.15) is 18.7 Å². The third kappa shape index (κ3) is 11.6. The number of carbonyl (C=O) groups excluding carboxylic acids is 3. The topological polar surface area (TPSA) is 196 Å². The lowest BCUT2D eigenvalue weighted by molar-refractivity contribution is -0.142. The summed E-state index contributed by atoms with van der Waals surface area (Å²) in [5.41, 5.74) is 6.74. The first-order valence-corrected chi connectivity index (χ1v) is 11.6. The summed E-state index contributed by atoms with van der Waals surface area (Å²) in [7, 11) is 0. The first kappa shape index (κ1) is 28.6. The number of rotatable bonds is 14. The molecule has 0 saturated carbocycles. The van der Waals surface area contributed by atoms with Crippen LogP contribution < -0.4 is 27.0 Å². The molecule has 2 atom stereocenters. The molecule has 12 heteroatoms. The van der Waals surface area contributed by atoms with Crippen LogP contribution in [0.25, 0.3) is 0 Å². The summed E-state index contributed by atoms with van der Waals surface area (Å²) in [5.74, 6) is -2.80. The van der Waals surface area contributed by atoms with Gasteiger partial charge in [0, 0.05) is 13.0 Å². The van der Waals surface area contributed by atoms with Gasteiger partial charge >= 0.3 is 12.1 Å². The predicted molar refractivity (Wildman–Crippen MR) is 135 cm³/mol. The second-order valence-corrected chi connectivity index (χ2v) is 8.11. The van der Waals surface area contributed by atoms with Crippen LogP contribution in [0.4, 0.5) is 4.79 Å². The molecule has 2 aromatic carbocycles. The molecule has 0 bridgehead atoms. The van der Waals surface area contributed by atoms with Gasteiger partial charge in [-0.2, -0.15) is 0 Å². The zero-order valence-corrected chi connectivity index (χ0v) is 20.2. The van der Waals surface area contributed by atoms with E-state index >= 15 is 0 Å². The first-order chi connectivity index (χ1) is 17.7. The molecule has 12 nitrogen and oxygen atoms in total. The molecule has 0 unspecified atom stereocenters. The van der Waals surface area contributed by atoms with Crippen molar-refractivity contribution in [2.45, 2.75) is 38.0 Å². The van der Waals surface area contributed by atoms with Crippen LogP contribution in [0, 0.1) is 5.41 Å². The number of carboxylic acid groups (broad SMARTS) is 1. The van der Waals surface area contributed by atoms with E-state index in [2.05, 4.69) is 21.3 Å². The van der Waals surface area contributed by atoms with Crippen LogP contribution >= 0.6 is 0 Å². The second-order valence-electron chi connectivity index (χ2n) is 8.11. The minimum absolute atomic E-state index is 0.0211. The quantitative estimate of drug-likeness (QED) is 0.108. The molecule has 198 valence electrons. The molecule has 0 aliphatic heterocycles. The number of hydrogen-bond donors (Lipinski definition) is 7. The molecule has 0 heterocycles. The highest BCUT2D eigenvalue weighted by Gasteiger charge is 2.24. The van der Waals surface area contributed by atoms with Crippen LogP contribution in [0.15, 0.2) is 60.7 Å². The van der Waals surface area contributed by atoms with Gasteiger partial charge in [-0.15, -0.1) is 0 Å². The zero-order valence-electron chi connectivity index (χ0n) is 20.2. The molecule has 2 aromatic rings. The lowest BCUT2D eigenvalue weighted by Gasteiger charge is -2.19. The molecular formula is C25H32N6O6. The molecule has 0 spiro atoms. The van der Waals surface area contributed by atoms with E-state index in [1.54, 1.807) is 36.4 Å². The Bertz CT molecular complexity index is 1050. The Labute approximate surface area is 214 Å². The van der Waals surface area contributed by atoms with Gasteiger partial charge in [-0.05, 0) is 24.0 Å². The number of aliphatic carboxylic acids is 1. The van der Waals surface area contributed by atoms with Crippen molar-refractivity contribution in [1.29, 1.82) is 5.41 Å². The predicted octanol–water partition coefficient (Wildman–Crippen LogP) is 0.473. The average Bonchev–Trinajstić information content (AvgIpc) is 2.88. The molecule has 2 rings (SSSR count). The van der Waals surface area contributed by atoms with Crippen molar-refractivity contribution in [3.63, 3.8) is 0 Å². The fraction of sp³-hybridized carbons (Fsp3) is 0.320. The molecule has 37 heavy (non-hydrogen) atoms. The molecule has 0 aliphatic carbocycles. The summed E-state index contributed by atoms with van der Waals surface area (Å²) in [6.07, 6.45) is -0.206. The molecule has 0 aliphatic rings. The summed E-state index contributed by atoms with van der Waals surface area (Å²) in [5, 5.41) is 26.3. The number of benzene rings is 2. The van der Waals surface area contributed by atoms with E-state index in [1.165, 1.54) is 0 Å². The van der Waals surface area contributed by atoms with Gasteiger partial charge in [0.05, 0.1) is 6.54 Å². The summed E-state index contributed by atoms with van der Waals surface area (Å²) in [4.78, 5) is 48.9. The highest BCUT2D eigenvalue weighted by atomic mass is 16.5. The number of ether oxygens (including phenoxy) is 1. The van der Waals surface area contributed by atoms with Crippen LogP contribution in [0.1, 0.15) is 24.0 Å². The molecular weight excluding hydrogens is 480 g/mol. The summed E-state index contributed by atoms with van der Waals surface area (Å²) in [6.45, 7) is -0.188. The average molecular weight is 513 g/mol. The number of alkyl carbamates (subject to hydrolysis) is 1. The van der Waals surface area contributed by atoms with Crippen molar-refractivity contribution in [2.75, 3.05) is 13.1 Å².